The molecular weight excluding hydrogens is 205 g/mol. The van der Waals surface area contributed by atoms with Crippen LogP contribution >= 0.6 is 0 Å². The predicted molar refractivity (Wildman–Crippen MR) is 62.5 cm³/mol. The van der Waals surface area contributed by atoms with Crippen molar-refractivity contribution >= 4 is 0 Å². The number of halogens is 1. The van der Waals surface area contributed by atoms with Gasteiger partial charge in [-0.15, -0.1) is 6.42 Å². The fourth-order valence-electron chi connectivity index (χ4n) is 1.50. The Balaban J connectivity index is 2.67. The molecule has 1 aromatic carbocycles. The van der Waals surface area contributed by atoms with Crippen molar-refractivity contribution < 1.29 is 9.13 Å². The minimum absolute atomic E-state index is 0.108. The zero-order valence-electron chi connectivity index (χ0n) is 9.37. The lowest BCUT2D eigenvalue weighted by Crippen LogP contribution is -2.22. The van der Waals surface area contributed by atoms with Crippen LogP contribution < -0.4 is 5.32 Å². The Kier molecular flexibility index (Phi) is 5.55. The van der Waals surface area contributed by atoms with E-state index in [1.54, 1.807) is 19.2 Å². The molecule has 0 aromatic heterocycles. The van der Waals surface area contributed by atoms with Gasteiger partial charge >= 0.3 is 0 Å². The summed E-state index contributed by atoms with van der Waals surface area (Å²) in [5.41, 5.74) is 1.02. The maximum absolute atomic E-state index is 12.8. The SMILES string of the molecule is C#CCNC(CCOC)c1ccc(F)cc1. The first-order valence-corrected chi connectivity index (χ1v) is 5.19. The Morgan fingerprint density at radius 1 is 1.44 bits per heavy atom. The summed E-state index contributed by atoms with van der Waals surface area (Å²) in [5.74, 6) is 2.30. The number of hydrogen-bond acceptors (Lipinski definition) is 2. The smallest absolute Gasteiger partial charge is 0.123 e. The summed E-state index contributed by atoms with van der Waals surface area (Å²) < 4.78 is 17.8. The molecule has 2 nitrogen and oxygen atoms in total. The molecule has 0 amide bonds. The van der Waals surface area contributed by atoms with Crippen LogP contribution in [0.25, 0.3) is 0 Å². The maximum atomic E-state index is 12.8. The second kappa shape index (κ2) is 7.00. The van der Waals surface area contributed by atoms with Crippen LogP contribution in [0.2, 0.25) is 0 Å². The summed E-state index contributed by atoms with van der Waals surface area (Å²) in [4.78, 5) is 0. The molecule has 0 heterocycles. The van der Waals surface area contributed by atoms with Gasteiger partial charge in [0.2, 0.25) is 0 Å². The van der Waals surface area contributed by atoms with Gasteiger partial charge in [-0.3, -0.25) is 5.32 Å². The topological polar surface area (TPSA) is 21.3 Å². The van der Waals surface area contributed by atoms with E-state index in [2.05, 4.69) is 11.2 Å². The summed E-state index contributed by atoms with van der Waals surface area (Å²) in [7, 11) is 1.66. The molecule has 1 rings (SSSR count). The zero-order chi connectivity index (χ0) is 11.8. The van der Waals surface area contributed by atoms with Crippen LogP contribution in [0, 0.1) is 18.2 Å². The van der Waals surface area contributed by atoms with Gasteiger partial charge in [-0.25, -0.2) is 4.39 Å². The molecule has 1 N–H and O–H groups in total. The van der Waals surface area contributed by atoms with Gasteiger partial charge in [0.1, 0.15) is 5.82 Å². The monoisotopic (exact) mass is 221 g/mol. The lowest BCUT2D eigenvalue weighted by atomic mass is 10.0. The summed E-state index contributed by atoms with van der Waals surface area (Å²) in [6.07, 6.45) is 6.01. The van der Waals surface area contributed by atoms with E-state index in [9.17, 15) is 4.39 Å². The third-order valence-electron chi connectivity index (χ3n) is 2.33. The highest BCUT2D eigenvalue weighted by molar-refractivity contribution is 5.20. The van der Waals surface area contributed by atoms with Crippen molar-refractivity contribution in [1.82, 2.24) is 5.32 Å². The van der Waals surface area contributed by atoms with Crippen LogP contribution in [0.15, 0.2) is 24.3 Å². The van der Waals surface area contributed by atoms with Crippen molar-refractivity contribution in [3.05, 3.63) is 35.6 Å². The minimum Gasteiger partial charge on any atom is -0.385 e. The highest BCUT2D eigenvalue weighted by atomic mass is 19.1. The molecular formula is C13H16FNO. The van der Waals surface area contributed by atoms with E-state index in [-0.39, 0.29) is 11.9 Å². The van der Waals surface area contributed by atoms with E-state index >= 15 is 0 Å². The molecule has 0 saturated heterocycles. The molecule has 86 valence electrons. The normalized spacial score (nSPS) is 12.1. The third-order valence-corrected chi connectivity index (χ3v) is 2.33. The first-order chi connectivity index (χ1) is 7.77. The molecule has 0 radical (unpaired) electrons. The lowest BCUT2D eigenvalue weighted by Gasteiger charge is -2.17. The van der Waals surface area contributed by atoms with Gasteiger partial charge in [-0.2, -0.15) is 0 Å². The Morgan fingerprint density at radius 2 is 2.12 bits per heavy atom. The van der Waals surface area contributed by atoms with E-state index in [4.69, 9.17) is 11.2 Å². The number of rotatable bonds is 6. The zero-order valence-corrected chi connectivity index (χ0v) is 9.37. The summed E-state index contributed by atoms with van der Waals surface area (Å²) in [6.45, 7) is 1.13. The van der Waals surface area contributed by atoms with Crippen LogP contribution in [0.3, 0.4) is 0 Å². The van der Waals surface area contributed by atoms with Crippen LogP contribution in [-0.4, -0.2) is 20.3 Å². The van der Waals surface area contributed by atoms with Gasteiger partial charge < -0.3 is 4.74 Å². The van der Waals surface area contributed by atoms with Gasteiger partial charge in [0, 0.05) is 19.8 Å². The number of hydrogen-bond donors (Lipinski definition) is 1. The highest BCUT2D eigenvalue weighted by Crippen LogP contribution is 2.16. The fourth-order valence-corrected chi connectivity index (χ4v) is 1.50. The standard InChI is InChI=1S/C13H16FNO/c1-3-9-15-13(8-10-16-2)11-4-6-12(14)7-5-11/h1,4-7,13,15H,8-10H2,2H3. The van der Waals surface area contributed by atoms with E-state index in [1.807, 2.05) is 0 Å². The number of benzene rings is 1. The molecule has 0 aliphatic rings. The van der Waals surface area contributed by atoms with Crippen LogP contribution in [0.5, 0.6) is 0 Å². The van der Waals surface area contributed by atoms with E-state index in [0.29, 0.717) is 13.2 Å². The summed E-state index contributed by atoms with van der Waals surface area (Å²) >= 11 is 0. The van der Waals surface area contributed by atoms with Crippen molar-refractivity contribution in [3.63, 3.8) is 0 Å². The van der Waals surface area contributed by atoms with Crippen LogP contribution in [0.4, 0.5) is 4.39 Å². The molecule has 1 unspecified atom stereocenters. The average molecular weight is 221 g/mol. The third kappa shape index (κ3) is 4.01. The molecule has 0 spiro atoms. The van der Waals surface area contributed by atoms with Crippen molar-refractivity contribution in [2.45, 2.75) is 12.5 Å². The molecule has 0 aliphatic heterocycles. The molecule has 0 aliphatic carbocycles. The molecule has 16 heavy (non-hydrogen) atoms. The maximum Gasteiger partial charge on any atom is 0.123 e. The first-order valence-electron chi connectivity index (χ1n) is 5.19. The second-order valence-electron chi connectivity index (χ2n) is 3.47. The average Bonchev–Trinajstić information content (AvgIpc) is 2.31. The quantitative estimate of drug-likeness (QED) is 0.743. The van der Waals surface area contributed by atoms with Crippen LogP contribution in [-0.2, 0) is 4.74 Å². The Morgan fingerprint density at radius 3 is 2.69 bits per heavy atom. The van der Waals surface area contributed by atoms with Gasteiger partial charge in [0.05, 0.1) is 6.54 Å². The number of terminal acetylenes is 1. The molecule has 0 fully saturated rings. The second-order valence-corrected chi connectivity index (χ2v) is 3.47. The number of methoxy groups -OCH3 is 1. The van der Waals surface area contributed by atoms with Gasteiger partial charge in [-0.1, -0.05) is 18.1 Å². The minimum atomic E-state index is -0.230. The number of ether oxygens (including phenoxy) is 1. The Bertz CT molecular complexity index is 342. The van der Waals surface area contributed by atoms with E-state index in [0.717, 1.165) is 12.0 Å². The Labute approximate surface area is 95.8 Å². The van der Waals surface area contributed by atoms with Crippen molar-refractivity contribution in [2.24, 2.45) is 0 Å². The molecule has 0 saturated carbocycles. The summed E-state index contributed by atoms with van der Waals surface area (Å²) in [6, 6.07) is 6.54. The first kappa shape index (κ1) is 12.7. The highest BCUT2D eigenvalue weighted by Gasteiger charge is 2.09. The molecule has 1 atom stereocenters. The largest absolute Gasteiger partial charge is 0.385 e. The van der Waals surface area contributed by atoms with Crippen molar-refractivity contribution in [1.29, 1.82) is 0 Å². The van der Waals surface area contributed by atoms with Crippen molar-refractivity contribution in [3.8, 4) is 12.3 Å². The molecule has 1 aromatic rings. The van der Waals surface area contributed by atoms with Crippen molar-refractivity contribution in [2.75, 3.05) is 20.3 Å². The summed E-state index contributed by atoms with van der Waals surface area (Å²) in [5, 5.41) is 3.20. The molecule has 0 bridgehead atoms. The van der Waals surface area contributed by atoms with Crippen LogP contribution in [0.1, 0.15) is 18.0 Å². The van der Waals surface area contributed by atoms with Gasteiger partial charge in [-0.05, 0) is 24.1 Å². The van der Waals surface area contributed by atoms with Gasteiger partial charge in [0.15, 0.2) is 0 Å². The Hall–Kier alpha value is -1.37. The van der Waals surface area contributed by atoms with E-state index < -0.39 is 0 Å². The molecule has 3 heteroatoms. The van der Waals surface area contributed by atoms with Gasteiger partial charge in [0.25, 0.3) is 0 Å². The number of nitrogens with one attached hydrogen (secondary N) is 1. The fraction of sp³-hybridized carbons (Fsp3) is 0.385. The van der Waals surface area contributed by atoms with E-state index in [1.165, 1.54) is 12.1 Å². The predicted octanol–water partition coefficient (Wildman–Crippen LogP) is 2.13. The lowest BCUT2D eigenvalue weighted by molar-refractivity contribution is 0.183.